The van der Waals surface area contributed by atoms with Crippen molar-refractivity contribution in [3.8, 4) is 0 Å². The second-order valence-electron chi connectivity index (χ2n) is 4.14. The van der Waals surface area contributed by atoms with E-state index in [2.05, 4.69) is 0 Å². The van der Waals surface area contributed by atoms with Gasteiger partial charge in [-0.3, -0.25) is 0 Å². The van der Waals surface area contributed by atoms with Crippen molar-refractivity contribution in [2.75, 3.05) is 0 Å². The predicted molar refractivity (Wildman–Crippen MR) is 37.4 cm³/mol. The Hall–Kier alpha value is -0.470. The van der Waals surface area contributed by atoms with E-state index in [9.17, 15) is 13.2 Å². The lowest BCUT2D eigenvalue weighted by Gasteiger charge is -2.40. The summed E-state index contributed by atoms with van der Waals surface area (Å²) in [6.45, 7) is 0. The first-order valence-corrected chi connectivity index (χ1v) is 4.40. The second kappa shape index (κ2) is 1.73. The molecule has 3 unspecified atom stereocenters. The van der Waals surface area contributed by atoms with E-state index in [1.807, 2.05) is 0 Å². The molecule has 0 heterocycles. The molecular formula is C9H9F3. The van der Waals surface area contributed by atoms with Crippen LogP contribution in [0.2, 0.25) is 0 Å². The van der Waals surface area contributed by atoms with Gasteiger partial charge in [0, 0.05) is 0 Å². The molecule has 0 aromatic carbocycles. The van der Waals surface area contributed by atoms with E-state index in [1.54, 1.807) is 0 Å². The van der Waals surface area contributed by atoms with Gasteiger partial charge in [0.2, 0.25) is 0 Å². The number of hydrogen-bond donors (Lipinski definition) is 0. The lowest BCUT2D eigenvalue weighted by molar-refractivity contribution is -0.0770. The second-order valence-corrected chi connectivity index (χ2v) is 4.14. The zero-order valence-corrected chi connectivity index (χ0v) is 6.49. The molecule has 2 saturated carbocycles. The van der Waals surface area contributed by atoms with Crippen molar-refractivity contribution in [3.63, 3.8) is 0 Å². The van der Waals surface area contributed by atoms with Gasteiger partial charge < -0.3 is 0 Å². The van der Waals surface area contributed by atoms with E-state index in [0.29, 0.717) is 5.57 Å². The molecule has 0 nitrogen and oxygen atoms in total. The van der Waals surface area contributed by atoms with Gasteiger partial charge in [-0.05, 0) is 36.7 Å². The van der Waals surface area contributed by atoms with Crippen LogP contribution in [0.3, 0.4) is 0 Å². The number of fused-ring (bicyclic) bond motifs is 5. The molecule has 3 atom stereocenters. The van der Waals surface area contributed by atoms with Crippen LogP contribution in [0.25, 0.3) is 0 Å². The normalized spacial score (nSPS) is 47.8. The Morgan fingerprint density at radius 2 is 2.00 bits per heavy atom. The Morgan fingerprint density at radius 1 is 1.25 bits per heavy atom. The summed E-state index contributed by atoms with van der Waals surface area (Å²) in [5, 5.41) is 0. The minimum atomic E-state index is -3.10. The molecule has 0 amide bonds. The van der Waals surface area contributed by atoms with Crippen molar-refractivity contribution < 1.29 is 13.2 Å². The SMILES string of the molecule is FC1=C2C3CCC(C3)C2C1(F)F. The molecule has 66 valence electrons. The number of allylic oxidation sites excluding steroid dienone is 2. The highest BCUT2D eigenvalue weighted by atomic mass is 19.3. The van der Waals surface area contributed by atoms with Crippen LogP contribution in [0.1, 0.15) is 19.3 Å². The van der Waals surface area contributed by atoms with E-state index in [4.69, 9.17) is 0 Å². The Morgan fingerprint density at radius 3 is 2.67 bits per heavy atom. The van der Waals surface area contributed by atoms with Crippen LogP contribution >= 0.6 is 0 Å². The molecular weight excluding hydrogens is 165 g/mol. The molecule has 0 saturated heterocycles. The van der Waals surface area contributed by atoms with Crippen molar-refractivity contribution in [3.05, 3.63) is 11.4 Å². The Bertz CT molecular complexity index is 279. The average Bonchev–Trinajstić information content (AvgIpc) is 2.59. The third kappa shape index (κ3) is 0.520. The van der Waals surface area contributed by atoms with Gasteiger partial charge in [0.05, 0.1) is 5.92 Å². The van der Waals surface area contributed by atoms with Gasteiger partial charge in [-0.2, -0.15) is 8.78 Å². The van der Waals surface area contributed by atoms with E-state index < -0.39 is 17.7 Å². The summed E-state index contributed by atoms with van der Waals surface area (Å²) >= 11 is 0. The Kier molecular flexibility index (Phi) is 1.01. The first-order chi connectivity index (χ1) is 5.62. The Balaban J connectivity index is 2.10. The van der Waals surface area contributed by atoms with Gasteiger partial charge in [-0.25, -0.2) is 4.39 Å². The van der Waals surface area contributed by atoms with E-state index in [-0.39, 0.29) is 11.8 Å². The maximum absolute atomic E-state index is 12.9. The van der Waals surface area contributed by atoms with Crippen molar-refractivity contribution in [1.82, 2.24) is 0 Å². The minimum absolute atomic E-state index is 0.0829. The third-order valence-electron chi connectivity index (χ3n) is 3.66. The molecule has 2 bridgehead atoms. The molecule has 3 aliphatic rings. The largest absolute Gasteiger partial charge is 0.305 e. The van der Waals surface area contributed by atoms with Crippen LogP contribution < -0.4 is 0 Å². The van der Waals surface area contributed by atoms with E-state index >= 15 is 0 Å². The van der Waals surface area contributed by atoms with Crippen LogP contribution in [0.4, 0.5) is 13.2 Å². The molecule has 0 aromatic heterocycles. The van der Waals surface area contributed by atoms with Crippen LogP contribution in [-0.4, -0.2) is 5.92 Å². The lowest BCUT2D eigenvalue weighted by atomic mass is 9.71. The highest BCUT2D eigenvalue weighted by Crippen LogP contribution is 2.66. The summed E-state index contributed by atoms with van der Waals surface area (Å²) in [5.41, 5.74) is 0.469. The molecule has 3 aliphatic carbocycles. The van der Waals surface area contributed by atoms with Crippen molar-refractivity contribution in [2.45, 2.75) is 25.2 Å². The zero-order chi connectivity index (χ0) is 8.51. The van der Waals surface area contributed by atoms with Crippen LogP contribution in [0, 0.1) is 17.8 Å². The van der Waals surface area contributed by atoms with Gasteiger partial charge in [0.25, 0.3) is 0 Å². The number of halogens is 3. The quantitative estimate of drug-likeness (QED) is 0.529. The van der Waals surface area contributed by atoms with Crippen molar-refractivity contribution in [1.29, 1.82) is 0 Å². The number of alkyl halides is 2. The van der Waals surface area contributed by atoms with Gasteiger partial charge >= 0.3 is 5.92 Å². The van der Waals surface area contributed by atoms with Gasteiger partial charge in [-0.1, -0.05) is 0 Å². The highest BCUT2D eigenvalue weighted by molar-refractivity contribution is 5.41. The summed E-state index contributed by atoms with van der Waals surface area (Å²) < 4.78 is 38.7. The fraction of sp³-hybridized carbons (Fsp3) is 0.778. The Labute approximate surface area is 68.4 Å². The maximum Gasteiger partial charge on any atom is 0.305 e. The summed E-state index contributed by atoms with van der Waals surface area (Å²) in [5.74, 6) is -4.66. The van der Waals surface area contributed by atoms with Crippen molar-refractivity contribution in [2.24, 2.45) is 17.8 Å². The topological polar surface area (TPSA) is 0 Å². The predicted octanol–water partition coefficient (Wildman–Crippen LogP) is 2.91. The average molecular weight is 174 g/mol. The fourth-order valence-electron chi connectivity index (χ4n) is 3.17. The third-order valence-corrected chi connectivity index (χ3v) is 3.66. The summed E-state index contributed by atoms with van der Waals surface area (Å²) in [6.07, 6.45) is 2.62. The lowest BCUT2D eigenvalue weighted by Crippen LogP contribution is -2.44. The first-order valence-electron chi connectivity index (χ1n) is 4.40. The minimum Gasteiger partial charge on any atom is -0.205 e. The zero-order valence-electron chi connectivity index (χ0n) is 6.49. The van der Waals surface area contributed by atoms with Gasteiger partial charge in [0.15, 0.2) is 5.83 Å². The molecule has 0 N–H and O–H groups in total. The fourth-order valence-corrected chi connectivity index (χ4v) is 3.17. The summed E-state index contributed by atoms with van der Waals surface area (Å²) in [6, 6.07) is 0. The number of hydrogen-bond acceptors (Lipinski definition) is 0. The molecule has 0 aromatic rings. The standard InChI is InChI=1S/C9H9F3/c10-8-6-4-1-2-5(3-4)7(6)9(8,11)12/h4-5,7H,1-3H2. The number of rotatable bonds is 0. The monoisotopic (exact) mass is 174 g/mol. The van der Waals surface area contributed by atoms with E-state index in [1.165, 1.54) is 0 Å². The molecule has 12 heavy (non-hydrogen) atoms. The molecule has 3 rings (SSSR count). The molecule has 0 spiro atoms. The molecule has 0 radical (unpaired) electrons. The highest BCUT2D eigenvalue weighted by Gasteiger charge is 2.66. The van der Waals surface area contributed by atoms with Gasteiger partial charge in [0.1, 0.15) is 0 Å². The molecule has 3 heteroatoms. The summed E-state index contributed by atoms with van der Waals surface area (Å²) in [4.78, 5) is 0. The van der Waals surface area contributed by atoms with Crippen LogP contribution in [0.5, 0.6) is 0 Å². The van der Waals surface area contributed by atoms with Crippen LogP contribution in [0.15, 0.2) is 11.4 Å². The maximum atomic E-state index is 12.9. The smallest absolute Gasteiger partial charge is 0.205 e. The van der Waals surface area contributed by atoms with Crippen LogP contribution in [-0.2, 0) is 0 Å². The first kappa shape index (κ1) is 6.98. The molecule has 0 aliphatic heterocycles. The van der Waals surface area contributed by atoms with Gasteiger partial charge in [-0.15, -0.1) is 0 Å². The van der Waals surface area contributed by atoms with E-state index in [0.717, 1.165) is 19.3 Å². The van der Waals surface area contributed by atoms with Crippen molar-refractivity contribution >= 4 is 0 Å². The molecule has 2 fully saturated rings. The summed E-state index contributed by atoms with van der Waals surface area (Å²) in [7, 11) is 0.